The average Bonchev–Trinajstić information content (AvgIpc) is 2.02. The van der Waals surface area contributed by atoms with Crippen LogP contribution in [0.4, 0.5) is 0 Å². The van der Waals surface area contributed by atoms with Crippen LogP contribution in [-0.4, -0.2) is 31.1 Å². The maximum atomic E-state index is 5.56. The molecule has 2 heteroatoms. The first-order valence-corrected chi connectivity index (χ1v) is 4.98. The lowest BCUT2D eigenvalue weighted by atomic mass is 10.1. The molecule has 0 heterocycles. The summed E-state index contributed by atoms with van der Waals surface area (Å²) in [5.41, 5.74) is 5.56. The van der Waals surface area contributed by atoms with Gasteiger partial charge in [0.2, 0.25) is 0 Å². The van der Waals surface area contributed by atoms with E-state index in [0.29, 0.717) is 6.04 Å². The zero-order valence-corrected chi connectivity index (χ0v) is 9.01. The molecule has 0 saturated carbocycles. The van der Waals surface area contributed by atoms with Gasteiger partial charge in [0, 0.05) is 12.6 Å². The Labute approximate surface area is 77.1 Å². The number of hydrogen-bond acceptors (Lipinski definition) is 2. The standard InChI is InChI=1S/C10H24N2/c1-9(2)6-5-7-12(4)10(3)8-11/h9-10H,5-8,11H2,1-4H3. The van der Waals surface area contributed by atoms with Gasteiger partial charge in [-0.15, -0.1) is 0 Å². The van der Waals surface area contributed by atoms with Gasteiger partial charge in [0.15, 0.2) is 0 Å². The number of hydrogen-bond donors (Lipinski definition) is 1. The van der Waals surface area contributed by atoms with Gasteiger partial charge in [0.1, 0.15) is 0 Å². The van der Waals surface area contributed by atoms with Crippen LogP contribution in [0.3, 0.4) is 0 Å². The molecule has 12 heavy (non-hydrogen) atoms. The first kappa shape index (κ1) is 11.9. The number of nitrogens with zero attached hydrogens (tertiary/aromatic N) is 1. The van der Waals surface area contributed by atoms with E-state index in [9.17, 15) is 0 Å². The predicted molar refractivity (Wildman–Crippen MR) is 55.2 cm³/mol. The first-order chi connectivity index (χ1) is 5.57. The van der Waals surface area contributed by atoms with Crippen molar-refractivity contribution in [3.63, 3.8) is 0 Å². The van der Waals surface area contributed by atoms with Crippen molar-refractivity contribution in [1.82, 2.24) is 4.90 Å². The van der Waals surface area contributed by atoms with Crippen LogP contribution in [0.15, 0.2) is 0 Å². The van der Waals surface area contributed by atoms with E-state index in [4.69, 9.17) is 5.73 Å². The zero-order chi connectivity index (χ0) is 9.56. The Morgan fingerprint density at radius 1 is 1.25 bits per heavy atom. The van der Waals surface area contributed by atoms with Crippen molar-refractivity contribution in [2.75, 3.05) is 20.1 Å². The highest BCUT2D eigenvalue weighted by Gasteiger charge is 2.05. The molecule has 1 unspecified atom stereocenters. The van der Waals surface area contributed by atoms with Crippen LogP contribution in [0.1, 0.15) is 33.6 Å². The largest absolute Gasteiger partial charge is 0.329 e. The zero-order valence-electron chi connectivity index (χ0n) is 9.01. The van der Waals surface area contributed by atoms with Gasteiger partial charge in [-0.1, -0.05) is 13.8 Å². The fraction of sp³-hybridized carbons (Fsp3) is 1.00. The molecule has 0 radical (unpaired) electrons. The molecule has 0 aliphatic carbocycles. The van der Waals surface area contributed by atoms with Crippen LogP contribution >= 0.6 is 0 Å². The smallest absolute Gasteiger partial charge is 0.0187 e. The molecule has 0 saturated heterocycles. The molecule has 74 valence electrons. The van der Waals surface area contributed by atoms with E-state index in [0.717, 1.165) is 12.5 Å². The van der Waals surface area contributed by atoms with Gasteiger partial charge in [-0.25, -0.2) is 0 Å². The molecule has 0 aromatic heterocycles. The third kappa shape index (κ3) is 5.56. The van der Waals surface area contributed by atoms with Crippen molar-refractivity contribution in [1.29, 1.82) is 0 Å². The quantitative estimate of drug-likeness (QED) is 0.661. The molecular formula is C10H24N2. The number of rotatable bonds is 6. The summed E-state index contributed by atoms with van der Waals surface area (Å²) in [6.07, 6.45) is 2.61. The second kappa shape index (κ2) is 6.44. The van der Waals surface area contributed by atoms with Gasteiger partial charge >= 0.3 is 0 Å². The van der Waals surface area contributed by atoms with E-state index in [2.05, 4.69) is 32.7 Å². The summed E-state index contributed by atoms with van der Waals surface area (Å²) in [7, 11) is 2.15. The van der Waals surface area contributed by atoms with Gasteiger partial charge in [-0.2, -0.15) is 0 Å². The van der Waals surface area contributed by atoms with Gasteiger partial charge in [-0.3, -0.25) is 0 Å². The van der Waals surface area contributed by atoms with Gasteiger partial charge in [0.05, 0.1) is 0 Å². The summed E-state index contributed by atoms with van der Waals surface area (Å²) in [5.74, 6) is 0.826. The van der Waals surface area contributed by atoms with Crippen LogP contribution in [0.2, 0.25) is 0 Å². The normalized spacial score (nSPS) is 14.2. The fourth-order valence-corrected chi connectivity index (χ4v) is 1.15. The highest BCUT2D eigenvalue weighted by molar-refractivity contribution is 4.63. The van der Waals surface area contributed by atoms with Crippen LogP contribution in [-0.2, 0) is 0 Å². The molecule has 1 atom stereocenters. The molecule has 0 aliphatic heterocycles. The van der Waals surface area contributed by atoms with E-state index in [1.54, 1.807) is 0 Å². The van der Waals surface area contributed by atoms with E-state index in [-0.39, 0.29) is 0 Å². The second-order valence-electron chi connectivity index (χ2n) is 4.10. The summed E-state index contributed by atoms with van der Waals surface area (Å²) < 4.78 is 0. The Morgan fingerprint density at radius 3 is 2.25 bits per heavy atom. The minimum Gasteiger partial charge on any atom is -0.329 e. The lowest BCUT2D eigenvalue weighted by Gasteiger charge is -2.23. The lowest BCUT2D eigenvalue weighted by Crippen LogP contribution is -2.35. The summed E-state index contributed by atoms with van der Waals surface area (Å²) in [5, 5.41) is 0. The highest BCUT2D eigenvalue weighted by atomic mass is 15.1. The average molecular weight is 172 g/mol. The van der Waals surface area contributed by atoms with E-state index in [1.165, 1.54) is 19.4 Å². The summed E-state index contributed by atoms with van der Waals surface area (Å²) in [6.45, 7) is 8.66. The van der Waals surface area contributed by atoms with Crippen LogP contribution in [0.25, 0.3) is 0 Å². The van der Waals surface area contributed by atoms with Gasteiger partial charge in [0.25, 0.3) is 0 Å². The van der Waals surface area contributed by atoms with Gasteiger partial charge < -0.3 is 10.6 Å². The molecule has 2 nitrogen and oxygen atoms in total. The summed E-state index contributed by atoms with van der Waals surface area (Å²) in [4.78, 5) is 2.34. The molecular weight excluding hydrogens is 148 g/mol. The van der Waals surface area contributed by atoms with Crippen molar-refractivity contribution >= 4 is 0 Å². The maximum Gasteiger partial charge on any atom is 0.0187 e. The molecule has 0 rings (SSSR count). The van der Waals surface area contributed by atoms with E-state index >= 15 is 0 Å². The Kier molecular flexibility index (Phi) is 6.39. The fourth-order valence-electron chi connectivity index (χ4n) is 1.15. The van der Waals surface area contributed by atoms with Crippen molar-refractivity contribution in [3.05, 3.63) is 0 Å². The Hall–Kier alpha value is -0.0800. The maximum absolute atomic E-state index is 5.56. The van der Waals surface area contributed by atoms with Crippen molar-refractivity contribution in [2.24, 2.45) is 11.7 Å². The van der Waals surface area contributed by atoms with Crippen molar-refractivity contribution < 1.29 is 0 Å². The minimum atomic E-state index is 0.525. The SMILES string of the molecule is CC(C)CCCN(C)C(C)CN. The molecule has 0 aromatic rings. The third-order valence-corrected chi connectivity index (χ3v) is 2.39. The molecule has 0 aliphatic rings. The van der Waals surface area contributed by atoms with Crippen molar-refractivity contribution in [2.45, 2.75) is 39.7 Å². The van der Waals surface area contributed by atoms with Crippen LogP contribution in [0.5, 0.6) is 0 Å². The molecule has 0 aromatic carbocycles. The Balaban J connectivity index is 3.37. The molecule has 0 spiro atoms. The van der Waals surface area contributed by atoms with Crippen LogP contribution < -0.4 is 5.73 Å². The van der Waals surface area contributed by atoms with E-state index < -0.39 is 0 Å². The molecule has 0 bridgehead atoms. The topological polar surface area (TPSA) is 29.3 Å². The minimum absolute atomic E-state index is 0.525. The summed E-state index contributed by atoms with van der Waals surface area (Å²) >= 11 is 0. The predicted octanol–water partition coefficient (Wildman–Crippen LogP) is 1.70. The van der Waals surface area contributed by atoms with Gasteiger partial charge in [-0.05, 0) is 39.3 Å². The highest BCUT2D eigenvalue weighted by Crippen LogP contribution is 2.05. The Bertz CT molecular complexity index is 102. The van der Waals surface area contributed by atoms with Crippen LogP contribution in [0, 0.1) is 5.92 Å². The first-order valence-electron chi connectivity index (χ1n) is 4.98. The monoisotopic (exact) mass is 172 g/mol. The second-order valence-corrected chi connectivity index (χ2v) is 4.10. The number of nitrogens with two attached hydrogens (primary N) is 1. The molecule has 0 amide bonds. The lowest BCUT2D eigenvalue weighted by molar-refractivity contribution is 0.253. The van der Waals surface area contributed by atoms with Crippen molar-refractivity contribution in [3.8, 4) is 0 Å². The molecule has 0 fully saturated rings. The summed E-state index contributed by atoms with van der Waals surface area (Å²) in [6, 6.07) is 0.525. The van der Waals surface area contributed by atoms with E-state index in [1.807, 2.05) is 0 Å². The molecule has 2 N–H and O–H groups in total. The number of likely N-dealkylation sites (N-methyl/N-ethyl adjacent to an activating group) is 1. The Morgan fingerprint density at radius 2 is 1.83 bits per heavy atom. The third-order valence-electron chi connectivity index (χ3n) is 2.39.